The van der Waals surface area contributed by atoms with Gasteiger partial charge in [-0.2, -0.15) is 0 Å². The minimum Gasteiger partial charge on any atom is -0.373 e. The average molecular weight is 425 g/mol. The van der Waals surface area contributed by atoms with Crippen molar-refractivity contribution in [2.24, 2.45) is 0 Å². The Labute approximate surface area is 180 Å². The van der Waals surface area contributed by atoms with Crippen LogP contribution in [0.3, 0.4) is 0 Å². The maximum Gasteiger partial charge on any atom is 0.257 e. The molecule has 2 atom stereocenters. The number of thiazole rings is 1. The molecule has 2 aliphatic rings. The van der Waals surface area contributed by atoms with Crippen LogP contribution in [-0.4, -0.2) is 46.1 Å². The van der Waals surface area contributed by atoms with Gasteiger partial charge < -0.3 is 9.72 Å². The number of fused-ring (bicyclic) bond motifs is 3. The fourth-order valence-corrected chi connectivity index (χ4v) is 5.49. The molecule has 5 rings (SSSR count). The number of aryl methyl sites for hydroxylation is 2. The summed E-state index contributed by atoms with van der Waals surface area (Å²) in [7, 11) is 0. The fourth-order valence-electron chi connectivity index (χ4n) is 4.80. The summed E-state index contributed by atoms with van der Waals surface area (Å²) in [4.78, 5) is 23.4. The third-order valence-corrected chi connectivity index (χ3v) is 6.82. The van der Waals surface area contributed by atoms with Crippen LogP contribution in [-0.2, 0) is 24.1 Å². The standard InChI is InChI=1S/C23H28N4O2S/c1-14-10-27(11-15(2)29-14)12-17-13-30-23(24-17)26-22(28)16-7-8-21-19(9-16)18-5-3-4-6-20(18)25-21/h7-9,13-15,25H,3-6,10-12H2,1-2H3,(H,24,26,28). The zero-order chi connectivity index (χ0) is 20.7. The Morgan fingerprint density at radius 3 is 2.90 bits per heavy atom. The van der Waals surface area contributed by atoms with Crippen molar-refractivity contribution in [2.45, 2.75) is 58.3 Å². The number of ether oxygens (including phenoxy) is 1. The van der Waals surface area contributed by atoms with Crippen molar-refractivity contribution in [3.05, 3.63) is 46.1 Å². The summed E-state index contributed by atoms with van der Waals surface area (Å²) in [6.07, 6.45) is 5.13. The lowest BCUT2D eigenvalue weighted by atomic mass is 9.95. The number of hydrogen-bond donors (Lipinski definition) is 2. The maximum atomic E-state index is 12.9. The monoisotopic (exact) mass is 424 g/mol. The van der Waals surface area contributed by atoms with E-state index in [1.165, 1.54) is 40.8 Å². The molecule has 0 radical (unpaired) electrons. The van der Waals surface area contributed by atoms with E-state index >= 15 is 0 Å². The second-order valence-electron chi connectivity index (χ2n) is 8.60. The molecule has 3 aromatic rings. The molecule has 1 aliphatic heterocycles. The summed E-state index contributed by atoms with van der Waals surface area (Å²) in [5, 5.41) is 6.86. The number of anilines is 1. The van der Waals surface area contributed by atoms with E-state index in [0.29, 0.717) is 10.7 Å². The lowest BCUT2D eigenvalue weighted by Gasteiger charge is -2.34. The van der Waals surface area contributed by atoms with Gasteiger partial charge in [0.2, 0.25) is 0 Å². The molecular formula is C23H28N4O2S. The number of nitrogens with zero attached hydrogens (tertiary/aromatic N) is 2. The minimum atomic E-state index is -0.0998. The van der Waals surface area contributed by atoms with E-state index in [4.69, 9.17) is 4.74 Å². The number of aromatic amines is 1. The van der Waals surface area contributed by atoms with Crippen molar-refractivity contribution >= 4 is 33.3 Å². The van der Waals surface area contributed by atoms with Crippen molar-refractivity contribution in [3.63, 3.8) is 0 Å². The molecule has 1 aromatic carbocycles. The van der Waals surface area contributed by atoms with Crippen LogP contribution < -0.4 is 5.32 Å². The van der Waals surface area contributed by atoms with Gasteiger partial charge in [-0.25, -0.2) is 4.98 Å². The van der Waals surface area contributed by atoms with Crippen molar-refractivity contribution < 1.29 is 9.53 Å². The van der Waals surface area contributed by atoms with Crippen LogP contribution in [0.1, 0.15) is 54.0 Å². The van der Waals surface area contributed by atoms with Gasteiger partial charge in [-0.1, -0.05) is 0 Å². The zero-order valence-corrected chi connectivity index (χ0v) is 18.3. The van der Waals surface area contributed by atoms with Crippen LogP contribution in [0, 0.1) is 0 Å². The van der Waals surface area contributed by atoms with Crippen molar-refractivity contribution in [2.75, 3.05) is 18.4 Å². The van der Waals surface area contributed by atoms with Gasteiger partial charge in [0.05, 0.1) is 17.9 Å². The first-order valence-corrected chi connectivity index (χ1v) is 11.7. The second kappa shape index (κ2) is 8.13. The Bertz CT molecular complexity index is 1060. The van der Waals surface area contributed by atoms with Gasteiger partial charge in [-0.05, 0) is 63.3 Å². The smallest absolute Gasteiger partial charge is 0.257 e. The summed E-state index contributed by atoms with van der Waals surface area (Å²) >= 11 is 1.48. The molecule has 1 amide bonds. The van der Waals surface area contributed by atoms with E-state index in [1.807, 2.05) is 23.6 Å². The lowest BCUT2D eigenvalue weighted by Crippen LogP contribution is -2.44. The first-order valence-electron chi connectivity index (χ1n) is 10.8. The Morgan fingerprint density at radius 2 is 2.07 bits per heavy atom. The Morgan fingerprint density at radius 1 is 1.27 bits per heavy atom. The zero-order valence-electron chi connectivity index (χ0n) is 17.5. The van der Waals surface area contributed by atoms with Crippen LogP contribution in [0.4, 0.5) is 5.13 Å². The van der Waals surface area contributed by atoms with Crippen molar-refractivity contribution in [3.8, 4) is 0 Å². The molecule has 7 heteroatoms. The van der Waals surface area contributed by atoms with Gasteiger partial charge in [0.15, 0.2) is 5.13 Å². The van der Waals surface area contributed by atoms with Crippen LogP contribution in [0.15, 0.2) is 23.6 Å². The summed E-state index contributed by atoms with van der Waals surface area (Å²) in [6, 6.07) is 5.94. The van der Waals surface area contributed by atoms with Gasteiger partial charge in [0.25, 0.3) is 5.91 Å². The number of amides is 1. The summed E-state index contributed by atoms with van der Waals surface area (Å²) < 4.78 is 5.80. The molecule has 30 heavy (non-hydrogen) atoms. The van der Waals surface area contributed by atoms with Gasteiger partial charge >= 0.3 is 0 Å². The summed E-state index contributed by atoms with van der Waals surface area (Å²) in [6.45, 7) is 6.81. The fraction of sp³-hybridized carbons (Fsp3) is 0.478. The topological polar surface area (TPSA) is 70.2 Å². The molecule has 2 aromatic heterocycles. The van der Waals surface area contributed by atoms with E-state index in [1.54, 1.807) is 0 Å². The molecule has 0 bridgehead atoms. The number of rotatable bonds is 4. The predicted octanol–water partition coefficient (Wildman–Crippen LogP) is 4.36. The number of H-pyrrole nitrogens is 1. The quantitative estimate of drug-likeness (QED) is 0.653. The normalized spacial score (nSPS) is 22.2. The Balaban J connectivity index is 1.28. The van der Waals surface area contributed by atoms with Crippen LogP contribution in [0.5, 0.6) is 0 Å². The van der Waals surface area contributed by atoms with E-state index < -0.39 is 0 Å². The molecule has 158 valence electrons. The Kier molecular flexibility index (Phi) is 5.35. The Hall–Kier alpha value is -2.22. The number of carbonyl (C=O) groups excluding carboxylic acids is 1. The highest BCUT2D eigenvalue weighted by Crippen LogP contribution is 2.30. The molecule has 2 N–H and O–H groups in total. The number of aromatic nitrogens is 2. The predicted molar refractivity (Wildman–Crippen MR) is 120 cm³/mol. The summed E-state index contributed by atoms with van der Waals surface area (Å²) in [5.74, 6) is -0.0998. The molecule has 3 heterocycles. The number of benzene rings is 1. The molecule has 2 unspecified atom stereocenters. The highest BCUT2D eigenvalue weighted by Gasteiger charge is 2.23. The third kappa shape index (κ3) is 4.02. The third-order valence-electron chi connectivity index (χ3n) is 6.01. The van der Waals surface area contributed by atoms with Gasteiger partial charge in [0.1, 0.15) is 0 Å². The van der Waals surface area contributed by atoms with Gasteiger partial charge in [-0.15, -0.1) is 11.3 Å². The van der Waals surface area contributed by atoms with E-state index in [0.717, 1.165) is 43.7 Å². The number of carbonyl (C=O) groups is 1. The van der Waals surface area contributed by atoms with Gasteiger partial charge in [-0.3, -0.25) is 15.0 Å². The molecule has 1 saturated heterocycles. The van der Waals surface area contributed by atoms with Crippen LogP contribution in [0.25, 0.3) is 10.9 Å². The van der Waals surface area contributed by atoms with Crippen molar-refractivity contribution in [1.29, 1.82) is 0 Å². The maximum absolute atomic E-state index is 12.9. The lowest BCUT2D eigenvalue weighted by molar-refractivity contribution is -0.0707. The van der Waals surface area contributed by atoms with Crippen LogP contribution >= 0.6 is 11.3 Å². The minimum absolute atomic E-state index is 0.0998. The largest absolute Gasteiger partial charge is 0.373 e. The van der Waals surface area contributed by atoms with Gasteiger partial charge in [0, 0.05) is 47.2 Å². The molecule has 0 spiro atoms. The first kappa shape index (κ1) is 19.7. The number of hydrogen-bond acceptors (Lipinski definition) is 5. The van der Waals surface area contributed by atoms with E-state index in [9.17, 15) is 4.79 Å². The number of morpholine rings is 1. The van der Waals surface area contributed by atoms with Crippen molar-refractivity contribution in [1.82, 2.24) is 14.9 Å². The highest BCUT2D eigenvalue weighted by atomic mass is 32.1. The number of nitrogens with one attached hydrogen (secondary N) is 2. The summed E-state index contributed by atoms with van der Waals surface area (Å²) in [5.41, 5.74) is 5.53. The first-order chi connectivity index (χ1) is 14.5. The highest BCUT2D eigenvalue weighted by molar-refractivity contribution is 7.14. The van der Waals surface area contributed by atoms with E-state index in [2.05, 4.69) is 34.0 Å². The molecule has 0 saturated carbocycles. The van der Waals surface area contributed by atoms with E-state index in [-0.39, 0.29) is 18.1 Å². The molecule has 6 nitrogen and oxygen atoms in total. The second-order valence-corrected chi connectivity index (χ2v) is 9.46. The SMILES string of the molecule is CC1CN(Cc2csc(NC(=O)c3ccc4[nH]c5c(c4c3)CCCC5)n2)CC(C)O1. The van der Waals surface area contributed by atoms with Crippen LogP contribution in [0.2, 0.25) is 0 Å². The molecule has 1 aliphatic carbocycles. The molecular weight excluding hydrogens is 396 g/mol. The molecule has 1 fully saturated rings. The average Bonchev–Trinajstić information content (AvgIpc) is 3.30.